The van der Waals surface area contributed by atoms with Crippen molar-refractivity contribution in [2.75, 3.05) is 20.2 Å². The van der Waals surface area contributed by atoms with Crippen molar-refractivity contribution in [2.45, 2.75) is 70.3 Å². The van der Waals surface area contributed by atoms with Crippen LogP contribution in [0.5, 0.6) is 0 Å². The number of aryl methyl sites for hydroxylation is 1. The molecule has 0 unspecified atom stereocenters. The molecule has 1 atom stereocenters. The molecule has 26 heavy (non-hydrogen) atoms. The quantitative estimate of drug-likeness (QED) is 0.185. The maximum absolute atomic E-state index is 11.2. The standard InChI is InChI=1S/C21H36O4Si/c1-5-12-21(14-15-22,13-11-20-9-7-6-8-10-20)25-19-24-18-23-16-17-26(2,3)4/h6-10,15H,5,11-14,16-19H2,1-4H3/t21-/m1/s1. The van der Waals surface area contributed by atoms with Gasteiger partial charge in [0.15, 0.2) is 0 Å². The molecule has 1 aromatic rings. The van der Waals surface area contributed by atoms with E-state index < -0.39 is 13.7 Å². The molecule has 148 valence electrons. The highest BCUT2D eigenvalue weighted by molar-refractivity contribution is 6.76. The second kappa shape index (κ2) is 12.4. The molecule has 0 heterocycles. The molecule has 0 saturated heterocycles. The van der Waals surface area contributed by atoms with Crippen molar-refractivity contribution >= 4 is 14.4 Å². The number of hydrogen-bond donors (Lipinski definition) is 0. The molecule has 5 heteroatoms. The summed E-state index contributed by atoms with van der Waals surface area (Å²) in [7, 11) is -1.07. The van der Waals surface area contributed by atoms with Crippen molar-refractivity contribution in [2.24, 2.45) is 0 Å². The molecule has 0 bridgehead atoms. The Balaban J connectivity index is 2.42. The van der Waals surface area contributed by atoms with Gasteiger partial charge in [0, 0.05) is 21.1 Å². The predicted octanol–water partition coefficient (Wildman–Crippen LogP) is 5.05. The summed E-state index contributed by atoms with van der Waals surface area (Å²) < 4.78 is 17.1. The molecule has 0 aliphatic rings. The van der Waals surface area contributed by atoms with Crippen molar-refractivity contribution < 1.29 is 19.0 Å². The third-order valence-corrected chi connectivity index (χ3v) is 6.19. The summed E-state index contributed by atoms with van der Waals surface area (Å²) in [4.78, 5) is 11.2. The Morgan fingerprint density at radius 1 is 1.04 bits per heavy atom. The molecule has 0 aliphatic carbocycles. The summed E-state index contributed by atoms with van der Waals surface area (Å²) >= 11 is 0. The lowest BCUT2D eigenvalue weighted by Gasteiger charge is -2.32. The van der Waals surface area contributed by atoms with Gasteiger partial charge in [0.1, 0.15) is 19.9 Å². The van der Waals surface area contributed by atoms with Gasteiger partial charge in [0.05, 0.1) is 5.60 Å². The summed E-state index contributed by atoms with van der Waals surface area (Å²) in [5.41, 5.74) is 0.808. The van der Waals surface area contributed by atoms with Crippen LogP contribution in [-0.2, 0) is 25.4 Å². The van der Waals surface area contributed by atoms with Crippen LogP contribution >= 0.6 is 0 Å². The van der Waals surface area contributed by atoms with Crippen molar-refractivity contribution in [3.63, 3.8) is 0 Å². The Bertz CT molecular complexity index is 487. The molecule has 0 amide bonds. The van der Waals surface area contributed by atoms with Crippen LogP contribution in [0.25, 0.3) is 0 Å². The van der Waals surface area contributed by atoms with E-state index in [2.05, 4.69) is 38.7 Å². The van der Waals surface area contributed by atoms with E-state index in [0.717, 1.165) is 44.6 Å². The minimum Gasteiger partial charge on any atom is -0.356 e. The van der Waals surface area contributed by atoms with E-state index in [0.29, 0.717) is 6.42 Å². The fourth-order valence-corrected chi connectivity index (χ4v) is 3.61. The maximum Gasteiger partial charge on any atom is 0.150 e. The highest BCUT2D eigenvalue weighted by Gasteiger charge is 2.29. The number of carbonyl (C=O) groups is 1. The average molecular weight is 381 g/mol. The van der Waals surface area contributed by atoms with Crippen molar-refractivity contribution in [1.29, 1.82) is 0 Å². The van der Waals surface area contributed by atoms with Gasteiger partial charge in [-0.2, -0.15) is 0 Å². The monoisotopic (exact) mass is 380 g/mol. The summed E-state index contributed by atoms with van der Waals surface area (Å²) in [6.07, 6.45) is 4.87. The fraction of sp³-hybridized carbons (Fsp3) is 0.667. The van der Waals surface area contributed by atoms with Crippen molar-refractivity contribution in [3.05, 3.63) is 35.9 Å². The molecule has 0 radical (unpaired) electrons. The van der Waals surface area contributed by atoms with Crippen molar-refractivity contribution in [1.82, 2.24) is 0 Å². The first-order chi connectivity index (χ1) is 12.4. The second-order valence-corrected chi connectivity index (χ2v) is 13.7. The van der Waals surface area contributed by atoms with Gasteiger partial charge in [-0.3, -0.25) is 0 Å². The van der Waals surface area contributed by atoms with Gasteiger partial charge < -0.3 is 19.0 Å². The first-order valence-corrected chi connectivity index (χ1v) is 13.4. The molecular weight excluding hydrogens is 344 g/mol. The van der Waals surface area contributed by atoms with Crippen LogP contribution in [0.2, 0.25) is 25.7 Å². The van der Waals surface area contributed by atoms with Crippen LogP contribution in [0.1, 0.15) is 38.2 Å². The summed E-state index contributed by atoms with van der Waals surface area (Å²) in [6.45, 7) is 10.2. The number of ether oxygens (including phenoxy) is 3. The van der Waals surface area contributed by atoms with Crippen LogP contribution < -0.4 is 0 Å². The Morgan fingerprint density at radius 3 is 2.38 bits per heavy atom. The molecule has 4 nitrogen and oxygen atoms in total. The summed E-state index contributed by atoms with van der Waals surface area (Å²) in [6, 6.07) is 11.4. The maximum atomic E-state index is 11.2. The highest BCUT2D eigenvalue weighted by atomic mass is 28.3. The number of aldehydes is 1. The van der Waals surface area contributed by atoms with Crippen LogP contribution in [0.4, 0.5) is 0 Å². The average Bonchev–Trinajstić information content (AvgIpc) is 2.59. The zero-order valence-electron chi connectivity index (χ0n) is 17.0. The fourth-order valence-electron chi connectivity index (χ4n) is 2.85. The van der Waals surface area contributed by atoms with E-state index in [9.17, 15) is 4.79 Å². The van der Waals surface area contributed by atoms with E-state index in [-0.39, 0.29) is 13.6 Å². The first kappa shape index (κ1) is 23.0. The van der Waals surface area contributed by atoms with E-state index >= 15 is 0 Å². The van der Waals surface area contributed by atoms with Crippen LogP contribution in [0.3, 0.4) is 0 Å². The minimum atomic E-state index is -1.07. The lowest BCUT2D eigenvalue weighted by molar-refractivity contribution is -0.185. The Hall–Kier alpha value is -1.01. The third kappa shape index (κ3) is 10.2. The molecule has 1 rings (SSSR count). The Labute approximate surface area is 160 Å². The topological polar surface area (TPSA) is 44.8 Å². The van der Waals surface area contributed by atoms with E-state index in [1.807, 2.05) is 18.2 Å². The Morgan fingerprint density at radius 2 is 1.77 bits per heavy atom. The number of benzene rings is 1. The van der Waals surface area contributed by atoms with Gasteiger partial charge in [-0.05, 0) is 30.9 Å². The molecule has 0 spiro atoms. The normalized spacial score (nSPS) is 14.2. The number of rotatable bonds is 15. The lowest BCUT2D eigenvalue weighted by atomic mass is 9.87. The molecule has 0 fully saturated rings. The predicted molar refractivity (Wildman–Crippen MR) is 109 cm³/mol. The van der Waals surface area contributed by atoms with E-state index in [4.69, 9.17) is 14.2 Å². The second-order valence-electron chi connectivity index (χ2n) is 8.09. The first-order valence-electron chi connectivity index (χ1n) is 9.68. The van der Waals surface area contributed by atoms with Gasteiger partial charge in [-0.15, -0.1) is 0 Å². The SMILES string of the molecule is CCC[C@](CC=O)(CCc1ccccc1)OCOCOCC[Si](C)(C)C. The summed E-state index contributed by atoms with van der Waals surface area (Å²) in [5, 5.41) is 0. The van der Waals surface area contributed by atoms with Crippen LogP contribution in [-0.4, -0.2) is 40.2 Å². The van der Waals surface area contributed by atoms with Gasteiger partial charge in [-0.1, -0.05) is 63.3 Å². The lowest BCUT2D eigenvalue weighted by Crippen LogP contribution is -2.35. The van der Waals surface area contributed by atoms with Crippen molar-refractivity contribution in [3.8, 4) is 0 Å². The number of carbonyl (C=O) groups excluding carboxylic acids is 1. The summed E-state index contributed by atoms with van der Waals surface area (Å²) in [5.74, 6) is 0. The van der Waals surface area contributed by atoms with Gasteiger partial charge in [0.2, 0.25) is 0 Å². The number of hydrogen-bond acceptors (Lipinski definition) is 4. The third-order valence-electron chi connectivity index (χ3n) is 4.48. The van der Waals surface area contributed by atoms with E-state index in [1.54, 1.807) is 0 Å². The van der Waals surface area contributed by atoms with Gasteiger partial charge in [-0.25, -0.2) is 0 Å². The Kier molecular flexibility index (Phi) is 11.0. The highest BCUT2D eigenvalue weighted by Crippen LogP contribution is 2.28. The molecule has 0 N–H and O–H groups in total. The van der Waals surface area contributed by atoms with Gasteiger partial charge in [0.25, 0.3) is 0 Å². The smallest absolute Gasteiger partial charge is 0.150 e. The minimum absolute atomic E-state index is 0.162. The molecule has 1 aromatic carbocycles. The largest absolute Gasteiger partial charge is 0.356 e. The molecule has 0 aromatic heterocycles. The van der Waals surface area contributed by atoms with Crippen LogP contribution in [0, 0.1) is 0 Å². The molecule has 0 aliphatic heterocycles. The van der Waals surface area contributed by atoms with Gasteiger partial charge >= 0.3 is 0 Å². The molecular formula is C21H36O4Si. The van der Waals surface area contributed by atoms with Crippen LogP contribution in [0.15, 0.2) is 30.3 Å². The zero-order valence-corrected chi connectivity index (χ0v) is 18.0. The zero-order chi connectivity index (χ0) is 19.3. The molecule has 0 saturated carbocycles. The van der Waals surface area contributed by atoms with E-state index in [1.165, 1.54) is 5.56 Å².